The fraction of sp³-hybridized carbons (Fsp3) is 0.409. The van der Waals surface area contributed by atoms with E-state index < -0.39 is 35.4 Å². The molecule has 1 aromatic rings. The Labute approximate surface area is 168 Å². The van der Waals surface area contributed by atoms with E-state index in [4.69, 9.17) is 9.47 Å². The van der Waals surface area contributed by atoms with E-state index in [0.29, 0.717) is 17.8 Å². The van der Waals surface area contributed by atoms with Gasteiger partial charge in [-0.1, -0.05) is 25.1 Å². The maximum Gasteiger partial charge on any atom is 0.336 e. The summed E-state index contributed by atoms with van der Waals surface area (Å²) in [6.45, 7) is 5.31. The van der Waals surface area contributed by atoms with Crippen molar-refractivity contribution >= 4 is 17.7 Å². The lowest BCUT2D eigenvalue weighted by Gasteiger charge is -2.38. The fourth-order valence-electron chi connectivity index (χ4n) is 4.18. The van der Waals surface area contributed by atoms with E-state index in [2.05, 4.69) is 5.32 Å². The molecule has 0 unspecified atom stereocenters. The lowest BCUT2D eigenvalue weighted by molar-refractivity contribution is -0.151. The number of allylic oxidation sites excluding steroid dienone is 3. The van der Waals surface area contributed by atoms with Crippen LogP contribution in [0.5, 0.6) is 0 Å². The molecule has 0 fully saturated rings. The Balaban J connectivity index is 2.21. The number of methoxy groups -OCH3 is 1. The van der Waals surface area contributed by atoms with Gasteiger partial charge in [-0.3, -0.25) is 9.59 Å². The summed E-state index contributed by atoms with van der Waals surface area (Å²) in [5, 5.41) is 3.13. The quantitative estimate of drug-likeness (QED) is 0.617. The third-order valence-corrected chi connectivity index (χ3v) is 5.45. The number of nitrogens with one attached hydrogen (secondary N) is 1. The highest BCUT2D eigenvalue weighted by atomic mass is 19.1. The van der Waals surface area contributed by atoms with Crippen molar-refractivity contribution in [3.8, 4) is 0 Å². The number of ether oxygens (including phenoxy) is 2. The molecule has 1 N–H and O–H groups in total. The zero-order valence-corrected chi connectivity index (χ0v) is 16.9. The van der Waals surface area contributed by atoms with Crippen molar-refractivity contribution in [1.82, 2.24) is 5.32 Å². The van der Waals surface area contributed by atoms with E-state index in [1.807, 2.05) is 0 Å². The minimum Gasteiger partial charge on any atom is -0.468 e. The number of halogens is 1. The van der Waals surface area contributed by atoms with Crippen LogP contribution in [0.2, 0.25) is 0 Å². The van der Waals surface area contributed by atoms with Crippen molar-refractivity contribution in [2.24, 2.45) is 11.8 Å². The highest BCUT2D eigenvalue weighted by Crippen LogP contribution is 2.45. The molecule has 0 aromatic heterocycles. The first-order valence-electron chi connectivity index (χ1n) is 9.56. The smallest absolute Gasteiger partial charge is 0.336 e. The highest BCUT2D eigenvalue weighted by Gasteiger charge is 2.47. The van der Waals surface area contributed by atoms with E-state index in [0.717, 1.165) is 0 Å². The molecular formula is C22H24FNO5. The van der Waals surface area contributed by atoms with E-state index >= 15 is 0 Å². The Morgan fingerprint density at radius 2 is 1.97 bits per heavy atom. The van der Waals surface area contributed by atoms with Crippen LogP contribution in [0, 0.1) is 17.7 Å². The first-order valence-corrected chi connectivity index (χ1v) is 9.56. The summed E-state index contributed by atoms with van der Waals surface area (Å²) in [5.74, 6) is -4.51. The van der Waals surface area contributed by atoms with Crippen molar-refractivity contribution in [3.05, 3.63) is 58.2 Å². The van der Waals surface area contributed by atoms with Gasteiger partial charge in [0.2, 0.25) is 0 Å². The van der Waals surface area contributed by atoms with Crippen LogP contribution in [-0.4, -0.2) is 31.4 Å². The molecule has 0 spiro atoms. The normalized spacial score (nSPS) is 24.0. The predicted molar refractivity (Wildman–Crippen MR) is 103 cm³/mol. The fourth-order valence-corrected chi connectivity index (χ4v) is 4.18. The van der Waals surface area contributed by atoms with Crippen LogP contribution in [0.25, 0.3) is 0 Å². The molecule has 6 nitrogen and oxygen atoms in total. The molecule has 0 radical (unpaired) electrons. The summed E-state index contributed by atoms with van der Waals surface area (Å²) in [5.41, 5.74) is 1.68. The zero-order valence-electron chi connectivity index (χ0n) is 16.9. The van der Waals surface area contributed by atoms with Gasteiger partial charge < -0.3 is 14.8 Å². The Morgan fingerprint density at radius 1 is 1.28 bits per heavy atom. The van der Waals surface area contributed by atoms with Crippen molar-refractivity contribution in [2.45, 2.75) is 33.1 Å². The first kappa shape index (κ1) is 20.8. The average molecular weight is 401 g/mol. The van der Waals surface area contributed by atoms with Gasteiger partial charge in [0.05, 0.1) is 25.2 Å². The van der Waals surface area contributed by atoms with Crippen LogP contribution in [0.1, 0.15) is 38.7 Å². The van der Waals surface area contributed by atoms with Crippen molar-refractivity contribution in [1.29, 1.82) is 0 Å². The first-order chi connectivity index (χ1) is 13.8. The SMILES string of the molecule is CCOC(=O)C1=C(C)NC2=C(C(=O)[C@@H](C(=O)OC)[C@@H](C)C2)[C@@H]1c1ccccc1F. The van der Waals surface area contributed by atoms with E-state index in [-0.39, 0.29) is 29.2 Å². The minimum absolute atomic E-state index is 0.140. The second-order valence-electron chi connectivity index (χ2n) is 7.28. The number of ketones is 1. The molecule has 154 valence electrons. The molecule has 29 heavy (non-hydrogen) atoms. The summed E-state index contributed by atoms with van der Waals surface area (Å²) in [6, 6.07) is 6.01. The molecule has 0 bridgehead atoms. The number of esters is 2. The highest BCUT2D eigenvalue weighted by molar-refractivity contribution is 6.12. The van der Waals surface area contributed by atoms with Crippen LogP contribution in [-0.2, 0) is 23.9 Å². The van der Waals surface area contributed by atoms with Gasteiger partial charge in [0.15, 0.2) is 5.78 Å². The van der Waals surface area contributed by atoms with Crippen LogP contribution in [0.4, 0.5) is 4.39 Å². The zero-order chi connectivity index (χ0) is 21.3. The average Bonchev–Trinajstić information content (AvgIpc) is 2.67. The summed E-state index contributed by atoms with van der Waals surface area (Å²) in [7, 11) is 1.23. The van der Waals surface area contributed by atoms with Crippen molar-refractivity contribution in [3.63, 3.8) is 0 Å². The number of Topliss-reactive ketones (excluding diaryl/α,β-unsaturated/α-hetero) is 1. The molecule has 1 aliphatic carbocycles. The molecule has 3 rings (SSSR count). The number of rotatable bonds is 4. The molecule has 0 saturated carbocycles. The molecule has 0 amide bonds. The summed E-state index contributed by atoms with van der Waals surface area (Å²) in [6.07, 6.45) is 0.402. The standard InChI is InChI=1S/C22H24FNO5/c1-5-29-22(27)17-12(3)24-15-10-11(2)16(21(26)28-4)20(25)19(15)18(17)13-8-6-7-9-14(13)23/h6-9,11,16,18,24H,5,10H2,1-4H3/t11-,16-,18+/m0/s1. The van der Waals surface area contributed by atoms with Gasteiger partial charge in [-0.15, -0.1) is 0 Å². The predicted octanol–water partition coefficient (Wildman–Crippen LogP) is 3.00. The molecular weight excluding hydrogens is 377 g/mol. The molecule has 2 aliphatic rings. The van der Waals surface area contributed by atoms with Crippen LogP contribution < -0.4 is 5.32 Å². The van der Waals surface area contributed by atoms with E-state index in [9.17, 15) is 18.8 Å². The van der Waals surface area contributed by atoms with Crippen LogP contribution >= 0.6 is 0 Å². The third kappa shape index (κ3) is 3.57. The largest absolute Gasteiger partial charge is 0.468 e. The van der Waals surface area contributed by atoms with E-state index in [1.54, 1.807) is 32.9 Å². The molecule has 1 aliphatic heterocycles. The summed E-state index contributed by atoms with van der Waals surface area (Å²) < 4.78 is 24.8. The maximum atomic E-state index is 14.8. The summed E-state index contributed by atoms with van der Waals surface area (Å²) >= 11 is 0. The Kier molecular flexibility index (Phi) is 5.86. The number of dihydropyridines is 1. The number of carbonyl (C=O) groups excluding carboxylic acids is 3. The van der Waals surface area contributed by atoms with Gasteiger partial charge in [-0.2, -0.15) is 0 Å². The Morgan fingerprint density at radius 3 is 2.59 bits per heavy atom. The van der Waals surface area contributed by atoms with Crippen molar-refractivity contribution < 1.29 is 28.2 Å². The maximum absolute atomic E-state index is 14.8. The van der Waals surface area contributed by atoms with Gasteiger partial charge in [0.25, 0.3) is 0 Å². The number of carbonyl (C=O) groups is 3. The topological polar surface area (TPSA) is 81.7 Å². The second kappa shape index (κ2) is 8.19. The second-order valence-corrected chi connectivity index (χ2v) is 7.28. The van der Waals surface area contributed by atoms with Crippen LogP contribution in [0.15, 0.2) is 46.8 Å². The van der Waals surface area contributed by atoms with Crippen LogP contribution in [0.3, 0.4) is 0 Å². The number of hydrogen-bond acceptors (Lipinski definition) is 6. The molecule has 7 heteroatoms. The van der Waals surface area contributed by atoms with Gasteiger partial charge in [-0.05, 0) is 32.3 Å². The molecule has 1 aromatic carbocycles. The molecule has 3 atom stereocenters. The lowest BCUT2D eigenvalue weighted by atomic mass is 9.69. The van der Waals surface area contributed by atoms with Crippen molar-refractivity contribution in [2.75, 3.05) is 13.7 Å². The molecule has 1 heterocycles. The molecule has 0 saturated heterocycles. The van der Waals surface area contributed by atoms with Gasteiger partial charge in [0, 0.05) is 22.5 Å². The lowest BCUT2D eigenvalue weighted by Crippen LogP contribution is -2.43. The van der Waals surface area contributed by atoms with Gasteiger partial charge >= 0.3 is 11.9 Å². The summed E-state index contributed by atoms with van der Waals surface area (Å²) in [4.78, 5) is 38.4. The number of hydrogen-bond donors (Lipinski definition) is 1. The monoisotopic (exact) mass is 401 g/mol. The van der Waals surface area contributed by atoms with Gasteiger partial charge in [-0.25, -0.2) is 9.18 Å². The van der Waals surface area contributed by atoms with Gasteiger partial charge in [0.1, 0.15) is 11.7 Å². The number of benzene rings is 1. The minimum atomic E-state index is -1.00. The Hall–Kier alpha value is -2.96. The Bertz CT molecular complexity index is 933. The van der Waals surface area contributed by atoms with E-state index in [1.165, 1.54) is 19.2 Å². The third-order valence-electron chi connectivity index (χ3n) is 5.45.